The van der Waals surface area contributed by atoms with Crippen LogP contribution in [0.1, 0.15) is 47.4 Å². The number of carboxylic acid groups (broad SMARTS) is 1. The van der Waals surface area contributed by atoms with E-state index in [-0.39, 0.29) is 17.4 Å². The van der Waals surface area contributed by atoms with Gasteiger partial charge in [-0.3, -0.25) is 0 Å². The Bertz CT molecular complexity index is 892. The summed E-state index contributed by atoms with van der Waals surface area (Å²) >= 11 is 1.04. The molecule has 5 nitrogen and oxygen atoms in total. The lowest BCUT2D eigenvalue weighted by Gasteiger charge is -2.39. The molecule has 1 aromatic heterocycles. The minimum Gasteiger partial charge on any atom is -0.478 e. The molecule has 0 unspecified atom stereocenters. The quantitative estimate of drug-likeness (QED) is 0.538. The van der Waals surface area contributed by atoms with Gasteiger partial charge >= 0.3 is 5.97 Å². The van der Waals surface area contributed by atoms with Crippen LogP contribution in [0.15, 0.2) is 41.4 Å². The fourth-order valence-corrected chi connectivity index (χ4v) is 4.21. The maximum absolute atomic E-state index is 10.8. The molecular weight excluding hydrogens is 338 g/mol. The molecule has 128 valence electrons. The maximum atomic E-state index is 10.8. The second kappa shape index (κ2) is 6.19. The first-order valence-corrected chi connectivity index (χ1v) is 8.48. The van der Waals surface area contributed by atoms with Crippen LogP contribution in [0.2, 0.25) is 0 Å². The van der Waals surface area contributed by atoms with E-state index in [9.17, 15) is 15.0 Å². The largest absolute Gasteiger partial charge is 0.478 e. The van der Waals surface area contributed by atoms with Crippen LogP contribution < -0.4 is 0 Å². The van der Waals surface area contributed by atoms with Crippen molar-refractivity contribution >= 4 is 17.7 Å². The fraction of sp³-hybridized carbons (Fsp3) is 0.263. The van der Waals surface area contributed by atoms with E-state index in [1.165, 1.54) is 12.3 Å². The van der Waals surface area contributed by atoms with Crippen molar-refractivity contribution in [1.29, 1.82) is 0 Å². The number of carbonyl (C=O) groups is 1. The van der Waals surface area contributed by atoms with E-state index < -0.39 is 11.1 Å². The molecule has 0 saturated heterocycles. The fourth-order valence-electron chi connectivity index (χ4n) is 2.84. The Kier molecular flexibility index (Phi) is 4.33. The predicted octanol–water partition coefficient (Wildman–Crippen LogP) is 2.59. The number of nitrogens with zero attached hydrogens (tertiary/aromatic N) is 1. The Morgan fingerprint density at radius 1 is 1.20 bits per heavy atom. The predicted molar refractivity (Wildman–Crippen MR) is 94.3 cm³/mol. The van der Waals surface area contributed by atoms with Crippen molar-refractivity contribution in [3.63, 3.8) is 0 Å². The van der Waals surface area contributed by atoms with Crippen LogP contribution in [0, 0.1) is 11.8 Å². The Morgan fingerprint density at radius 2 is 1.96 bits per heavy atom. The van der Waals surface area contributed by atoms with Crippen LogP contribution in [0.4, 0.5) is 0 Å². The van der Waals surface area contributed by atoms with Gasteiger partial charge in [0.25, 0.3) is 0 Å². The standard InChI is InChI=1S/C19H17NO4S/c1-18(2)11-19(23,24)25-16-8-4-12(9-15(16)18)3-6-14-7-5-13(10-20-14)17(21)22/h4-5,7-10,23-24H,11H2,1-2H3,(H,21,22). The summed E-state index contributed by atoms with van der Waals surface area (Å²) in [4.78, 5) is 15.7. The van der Waals surface area contributed by atoms with E-state index in [4.69, 9.17) is 5.11 Å². The minimum atomic E-state index is -1.76. The number of aromatic carboxylic acids is 1. The topological polar surface area (TPSA) is 90.7 Å². The van der Waals surface area contributed by atoms with Gasteiger partial charge in [-0.25, -0.2) is 9.78 Å². The smallest absolute Gasteiger partial charge is 0.337 e. The lowest BCUT2D eigenvalue weighted by atomic mass is 9.80. The number of hydrogen-bond acceptors (Lipinski definition) is 5. The minimum absolute atomic E-state index is 0.120. The van der Waals surface area contributed by atoms with Gasteiger partial charge in [0.1, 0.15) is 5.69 Å². The zero-order valence-electron chi connectivity index (χ0n) is 13.8. The first-order valence-electron chi connectivity index (χ1n) is 7.66. The number of carboxylic acids is 1. The van der Waals surface area contributed by atoms with E-state index in [0.29, 0.717) is 5.69 Å². The maximum Gasteiger partial charge on any atom is 0.337 e. The molecule has 0 aliphatic carbocycles. The third kappa shape index (κ3) is 3.85. The summed E-state index contributed by atoms with van der Waals surface area (Å²) in [6.45, 7) is 3.94. The summed E-state index contributed by atoms with van der Waals surface area (Å²) in [5.41, 5.74) is 2.04. The average Bonchev–Trinajstić information content (AvgIpc) is 2.52. The Balaban J connectivity index is 1.90. The highest BCUT2D eigenvalue weighted by Gasteiger charge is 2.41. The van der Waals surface area contributed by atoms with Gasteiger partial charge < -0.3 is 15.3 Å². The third-order valence-corrected chi connectivity index (χ3v) is 5.05. The summed E-state index contributed by atoms with van der Waals surface area (Å²) in [5.74, 6) is 4.92. The lowest BCUT2D eigenvalue weighted by Crippen LogP contribution is -2.37. The zero-order valence-corrected chi connectivity index (χ0v) is 14.6. The summed E-state index contributed by atoms with van der Waals surface area (Å²) in [6.07, 6.45) is 1.51. The lowest BCUT2D eigenvalue weighted by molar-refractivity contribution is -0.0952. The first kappa shape index (κ1) is 17.5. The van der Waals surface area contributed by atoms with Crippen molar-refractivity contribution in [2.45, 2.75) is 35.7 Å². The summed E-state index contributed by atoms with van der Waals surface area (Å²) in [7, 11) is 0. The molecule has 2 heterocycles. The number of pyridine rings is 1. The van der Waals surface area contributed by atoms with Crippen molar-refractivity contribution in [3.05, 3.63) is 58.9 Å². The molecule has 0 amide bonds. The van der Waals surface area contributed by atoms with Crippen molar-refractivity contribution in [1.82, 2.24) is 4.98 Å². The average molecular weight is 355 g/mol. The number of rotatable bonds is 1. The normalized spacial score (nSPS) is 17.1. The van der Waals surface area contributed by atoms with Crippen molar-refractivity contribution in [2.75, 3.05) is 0 Å². The highest BCUT2D eigenvalue weighted by molar-refractivity contribution is 8.00. The third-order valence-electron chi connectivity index (χ3n) is 4.00. The molecule has 0 fully saturated rings. The van der Waals surface area contributed by atoms with E-state index in [1.54, 1.807) is 6.07 Å². The molecule has 1 aliphatic heterocycles. The Labute approximate surface area is 149 Å². The number of aliphatic hydroxyl groups is 2. The number of benzene rings is 1. The molecule has 0 saturated carbocycles. The highest BCUT2D eigenvalue weighted by Crippen LogP contribution is 2.48. The van der Waals surface area contributed by atoms with Crippen LogP contribution in [0.25, 0.3) is 0 Å². The molecule has 0 spiro atoms. The molecule has 2 aromatic rings. The molecule has 25 heavy (non-hydrogen) atoms. The van der Waals surface area contributed by atoms with E-state index in [0.717, 1.165) is 27.8 Å². The van der Waals surface area contributed by atoms with Gasteiger partial charge in [-0.1, -0.05) is 31.5 Å². The van der Waals surface area contributed by atoms with E-state index in [2.05, 4.69) is 16.8 Å². The molecule has 1 aromatic carbocycles. The monoisotopic (exact) mass is 355 g/mol. The van der Waals surface area contributed by atoms with Gasteiger partial charge in [-0.2, -0.15) is 0 Å². The van der Waals surface area contributed by atoms with E-state index in [1.807, 2.05) is 32.0 Å². The van der Waals surface area contributed by atoms with Crippen LogP contribution in [0.5, 0.6) is 0 Å². The number of hydrogen-bond donors (Lipinski definition) is 3. The first-order chi connectivity index (χ1) is 11.7. The molecular formula is C19H17NO4S. The van der Waals surface area contributed by atoms with Gasteiger partial charge in [0.2, 0.25) is 5.12 Å². The molecule has 1 aliphatic rings. The molecule has 0 radical (unpaired) electrons. The number of thioether (sulfide) groups is 1. The van der Waals surface area contributed by atoms with Gasteiger partial charge in [0, 0.05) is 23.1 Å². The van der Waals surface area contributed by atoms with Crippen LogP contribution in [-0.2, 0) is 5.41 Å². The summed E-state index contributed by atoms with van der Waals surface area (Å²) < 4.78 is 0. The van der Waals surface area contributed by atoms with Crippen molar-refractivity contribution < 1.29 is 20.1 Å². The van der Waals surface area contributed by atoms with Crippen LogP contribution >= 0.6 is 11.8 Å². The number of fused-ring (bicyclic) bond motifs is 1. The van der Waals surface area contributed by atoms with Gasteiger partial charge in [-0.15, -0.1) is 0 Å². The second-order valence-electron chi connectivity index (χ2n) is 6.60. The molecule has 6 heteroatoms. The van der Waals surface area contributed by atoms with Crippen LogP contribution in [-0.4, -0.2) is 31.4 Å². The van der Waals surface area contributed by atoms with Crippen molar-refractivity contribution in [2.24, 2.45) is 0 Å². The Morgan fingerprint density at radius 3 is 2.60 bits per heavy atom. The van der Waals surface area contributed by atoms with Crippen LogP contribution in [0.3, 0.4) is 0 Å². The Hall–Kier alpha value is -2.33. The summed E-state index contributed by atoms with van der Waals surface area (Å²) in [5, 5.41) is 27.1. The zero-order chi connectivity index (χ0) is 18.2. The van der Waals surface area contributed by atoms with Crippen molar-refractivity contribution in [3.8, 4) is 11.8 Å². The van der Waals surface area contributed by atoms with Gasteiger partial charge in [0.15, 0.2) is 0 Å². The van der Waals surface area contributed by atoms with E-state index >= 15 is 0 Å². The second-order valence-corrected chi connectivity index (χ2v) is 7.90. The molecule has 3 rings (SSSR count). The number of aromatic nitrogens is 1. The highest BCUT2D eigenvalue weighted by atomic mass is 32.2. The SMILES string of the molecule is CC1(C)CC(O)(O)Sc2ccc(C#Cc3ccc(C(=O)O)cn3)cc21. The molecule has 0 atom stereocenters. The summed E-state index contributed by atoms with van der Waals surface area (Å²) in [6, 6.07) is 8.65. The molecule has 3 N–H and O–H groups in total. The molecule has 0 bridgehead atoms. The van der Waals surface area contributed by atoms with Gasteiger partial charge in [0.05, 0.1) is 5.56 Å². The van der Waals surface area contributed by atoms with Gasteiger partial charge in [-0.05, 0) is 47.2 Å².